The van der Waals surface area contributed by atoms with Crippen LogP contribution in [-0.4, -0.2) is 45.0 Å². The van der Waals surface area contributed by atoms with Gasteiger partial charge in [-0.2, -0.15) is 0 Å². The summed E-state index contributed by atoms with van der Waals surface area (Å²) in [6.45, 7) is 1.50. The highest BCUT2D eigenvalue weighted by Crippen LogP contribution is 2.32. The molecule has 8 heteroatoms. The summed E-state index contributed by atoms with van der Waals surface area (Å²) in [6, 6.07) is 16.7. The highest BCUT2D eigenvalue weighted by Gasteiger charge is 2.28. The normalized spacial score (nSPS) is 18.6. The zero-order chi connectivity index (χ0) is 22.6. The average Bonchev–Trinajstić information content (AvgIpc) is 3.26. The molecule has 2 aromatic carbocycles. The Labute approximate surface area is 193 Å². The van der Waals surface area contributed by atoms with Crippen molar-refractivity contribution in [2.24, 2.45) is 7.05 Å². The van der Waals surface area contributed by atoms with Gasteiger partial charge in [-0.25, -0.2) is 9.48 Å². The molecule has 1 unspecified atom stereocenters. The second kappa shape index (κ2) is 9.60. The van der Waals surface area contributed by atoms with Gasteiger partial charge in [-0.1, -0.05) is 36.8 Å². The Morgan fingerprint density at radius 1 is 1.12 bits per heavy atom. The van der Waals surface area contributed by atoms with Gasteiger partial charge < -0.3 is 15.0 Å². The van der Waals surface area contributed by atoms with Gasteiger partial charge in [0, 0.05) is 31.4 Å². The third-order valence-corrected chi connectivity index (χ3v) is 6.57. The highest BCUT2D eigenvalue weighted by atomic mass is 16.6. The van der Waals surface area contributed by atoms with Crippen molar-refractivity contribution in [2.75, 3.05) is 11.4 Å². The van der Waals surface area contributed by atoms with Gasteiger partial charge in [-0.05, 0) is 71.9 Å². The first-order valence-corrected chi connectivity index (χ1v) is 11.8. The van der Waals surface area contributed by atoms with Crippen molar-refractivity contribution in [1.29, 1.82) is 0 Å². The van der Waals surface area contributed by atoms with Crippen LogP contribution in [0.5, 0.6) is 0 Å². The molecule has 1 fully saturated rings. The van der Waals surface area contributed by atoms with Gasteiger partial charge in [0.2, 0.25) is 0 Å². The lowest BCUT2D eigenvalue weighted by atomic mass is 9.95. The number of hydrogen-bond donors (Lipinski definition) is 1. The molecule has 0 bridgehead atoms. The van der Waals surface area contributed by atoms with Crippen molar-refractivity contribution < 1.29 is 9.53 Å². The predicted octanol–water partition coefficient (Wildman–Crippen LogP) is 3.87. The first-order chi connectivity index (χ1) is 16.2. The Balaban J connectivity index is 1.37. The minimum Gasteiger partial charge on any atom is -0.446 e. The Morgan fingerprint density at radius 2 is 1.94 bits per heavy atom. The monoisotopic (exact) mass is 446 g/mol. The van der Waals surface area contributed by atoms with Crippen LogP contribution >= 0.6 is 0 Å². The maximum Gasteiger partial charge on any atom is 0.407 e. The largest absolute Gasteiger partial charge is 0.446 e. The van der Waals surface area contributed by atoms with E-state index in [4.69, 9.17) is 4.74 Å². The quantitative estimate of drug-likeness (QED) is 0.641. The van der Waals surface area contributed by atoms with E-state index in [2.05, 4.69) is 68.2 Å². The Hall–Kier alpha value is -3.42. The van der Waals surface area contributed by atoms with Crippen LogP contribution < -0.4 is 10.2 Å². The summed E-state index contributed by atoms with van der Waals surface area (Å²) in [7, 11) is 1.84. The van der Waals surface area contributed by atoms with Gasteiger partial charge in [0.25, 0.3) is 0 Å². The third kappa shape index (κ3) is 4.99. The smallest absolute Gasteiger partial charge is 0.407 e. The summed E-state index contributed by atoms with van der Waals surface area (Å²) < 4.78 is 7.41. The number of amides is 1. The molecule has 8 nitrogen and oxygen atoms in total. The molecule has 172 valence electrons. The molecule has 3 aromatic rings. The van der Waals surface area contributed by atoms with Gasteiger partial charge in [-0.15, -0.1) is 5.10 Å². The van der Waals surface area contributed by atoms with E-state index in [0.717, 1.165) is 56.6 Å². The molecule has 1 aliphatic heterocycles. The molecule has 1 atom stereocenters. The number of benzene rings is 2. The minimum atomic E-state index is -0.302. The number of aryl methyl sites for hydroxylation is 1. The van der Waals surface area contributed by atoms with Crippen LogP contribution in [0.1, 0.15) is 43.2 Å². The molecule has 0 saturated heterocycles. The van der Waals surface area contributed by atoms with Crippen molar-refractivity contribution in [1.82, 2.24) is 25.5 Å². The summed E-state index contributed by atoms with van der Waals surface area (Å²) in [5, 5.41) is 15.0. The van der Waals surface area contributed by atoms with Gasteiger partial charge in [0.05, 0.1) is 6.04 Å². The summed E-state index contributed by atoms with van der Waals surface area (Å²) in [5.74, 6) is 0.721. The van der Waals surface area contributed by atoms with Gasteiger partial charge in [0.15, 0.2) is 5.82 Å². The lowest BCUT2D eigenvalue weighted by Gasteiger charge is -2.37. The Bertz CT molecular complexity index is 1090. The molecule has 1 amide bonds. The van der Waals surface area contributed by atoms with E-state index in [0.29, 0.717) is 0 Å². The number of rotatable bonds is 5. The SMILES string of the molecule is Cn1nnnc1-c1ccc2c(c1)CC(NC(=O)OC1CCCCC1)CN2Cc1ccccc1. The number of hydrogen-bond acceptors (Lipinski definition) is 6. The first kappa shape index (κ1) is 21.4. The molecule has 33 heavy (non-hydrogen) atoms. The maximum absolute atomic E-state index is 12.7. The van der Waals surface area contributed by atoms with Crippen molar-refractivity contribution >= 4 is 11.8 Å². The Kier molecular flexibility index (Phi) is 6.24. The number of carbonyl (C=O) groups is 1. The van der Waals surface area contributed by atoms with Crippen LogP contribution in [0, 0.1) is 0 Å². The summed E-state index contributed by atoms with van der Waals surface area (Å²) in [6.07, 6.45) is 5.93. The maximum atomic E-state index is 12.7. The van der Waals surface area contributed by atoms with Gasteiger partial charge >= 0.3 is 6.09 Å². The molecule has 1 aliphatic carbocycles. The van der Waals surface area contributed by atoms with Crippen molar-refractivity contribution in [2.45, 2.75) is 57.2 Å². The summed E-state index contributed by atoms with van der Waals surface area (Å²) in [5.41, 5.74) is 4.54. The zero-order valence-corrected chi connectivity index (χ0v) is 19.0. The molecule has 2 aliphatic rings. The number of tetrazole rings is 1. The van der Waals surface area contributed by atoms with E-state index in [9.17, 15) is 4.79 Å². The number of alkyl carbamates (subject to hydrolysis) is 1. The number of nitrogens with zero attached hydrogens (tertiary/aromatic N) is 5. The fourth-order valence-electron chi connectivity index (χ4n) is 4.95. The van der Waals surface area contributed by atoms with E-state index in [1.807, 2.05) is 13.1 Å². The van der Waals surface area contributed by atoms with E-state index in [1.165, 1.54) is 23.2 Å². The number of ether oxygens (including phenoxy) is 1. The lowest BCUT2D eigenvalue weighted by molar-refractivity contribution is 0.0729. The van der Waals surface area contributed by atoms with Crippen molar-refractivity contribution in [3.05, 3.63) is 59.7 Å². The molecular formula is C25H30N6O2. The highest BCUT2D eigenvalue weighted by molar-refractivity contribution is 5.70. The predicted molar refractivity (Wildman–Crippen MR) is 126 cm³/mol. The fourth-order valence-corrected chi connectivity index (χ4v) is 4.95. The average molecular weight is 447 g/mol. The molecule has 0 radical (unpaired) electrons. The van der Waals surface area contributed by atoms with Crippen molar-refractivity contribution in [3.8, 4) is 11.4 Å². The summed E-state index contributed by atoms with van der Waals surface area (Å²) in [4.78, 5) is 15.0. The number of aromatic nitrogens is 4. The van der Waals surface area contributed by atoms with Gasteiger partial charge in [-0.3, -0.25) is 0 Å². The number of anilines is 1. The molecule has 1 N–H and O–H groups in total. The molecular weight excluding hydrogens is 416 g/mol. The third-order valence-electron chi connectivity index (χ3n) is 6.57. The topological polar surface area (TPSA) is 85.2 Å². The molecule has 1 saturated carbocycles. The number of carbonyl (C=O) groups excluding carboxylic acids is 1. The standard InChI is InChI=1S/C25H30N6O2/c1-30-24(27-28-29-30)19-12-13-23-20(14-19)15-21(17-31(23)16-18-8-4-2-5-9-18)26-25(32)33-22-10-6-3-7-11-22/h2,4-5,8-9,12-14,21-22H,3,6-7,10-11,15-17H2,1H3,(H,26,32). The van der Waals surface area contributed by atoms with Crippen LogP contribution in [0.15, 0.2) is 48.5 Å². The zero-order valence-electron chi connectivity index (χ0n) is 19.0. The van der Waals surface area contributed by atoms with Crippen LogP contribution in [0.25, 0.3) is 11.4 Å². The van der Waals surface area contributed by atoms with Crippen LogP contribution in [-0.2, 0) is 24.8 Å². The summed E-state index contributed by atoms with van der Waals surface area (Å²) >= 11 is 0. The molecule has 0 spiro atoms. The van der Waals surface area contributed by atoms with E-state index in [1.54, 1.807) is 4.68 Å². The second-order valence-corrected chi connectivity index (χ2v) is 9.05. The molecule has 1 aromatic heterocycles. The molecule has 5 rings (SSSR count). The first-order valence-electron chi connectivity index (χ1n) is 11.8. The van der Waals surface area contributed by atoms with Crippen LogP contribution in [0.4, 0.5) is 10.5 Å². The lowest BCUT2D eigenvalue weighted by Crippen LogP contribution is -2.48. The van der Waals surface area contributed by atoms with Gasteiger partial charge in [0.1, 0.15) is 6.10 Å². The van der Waals surface area contributed by atoms with E-state index >= 15 is 0 Å². The number of fused-ring (bicyclic) bond motifs is 1. The minimum absolute atomic E-state index is 0.0369. The molecule has 2 heterocycles. The van der Waals surface area contributed by atoms with Crippen LogP contribution in [0.2, 0.25) is 0 Å². The number of nitrogens with one attached hydrogen (secondary N) is 1. The van der Waals surface area contributed by atoms with Crippen molar-refractivity contribution in [3.63, 3.8) is 0 Å². The van der Waals surface area contributed by atoms with E-state index in [-0.39, 0.29) is 18.2 Å². The Morgan fingerprint density at radius 3 is 2.70 bits per heavy atom. The fraction of sp³-hybridized carbons (Fsp3) is 0.440. The van der Waals surface area contributed by atoms with Crippen LogP contribution in [0.3, 0.4) is 0 Å². The second-order valence-electron chi connectivity index (χ2n) is 9.05. The van der Waals surface area contributed by atoms with E-state index < -0.39 is 0 Å².